The fraction of sp³-hybridized carbons (Fsp3) is 0.625. The number of aromatic nitrogens is 3. The van der Waals surface area contributed by atoms with Gasteiger partial charge in [0.1, 0.15) is 6.61 Å². The van der Waals surface area contributed by atoms with Gasteiger partial charge in [-0.15, -0.1) is 10.2 Å². The van der Waals surface area contributed by atoms with Crippen LogP contribution in [0.3, 0.4) is 0 Å². The minimum Gasteiger partial charge on any atom is -0.483 e. The van der Waals surface area contributed by atoms with Gasteiger partial charge in [-0.1, -0.05) is 30.3 Å². The first-order valence-electron chi connectivity index (χ1n) is 11.8. The summed E-state index contributed by atoms with van der Waals surface area (Å²) >= 11 is 1.65. The van der Waals surface area contributed by atoms with Crippen LogP contribution in [-0.2, 0) is 11.4 Å². The number of para-hydroxylation sites is 1. The number of benzene rings is 1. The maximum absolute atomic E-state index is 14.0. The van der Waals surface area contributed by atoms with Gasteiger partial charge in [0, 0.05) is 31.3 Å². The van der Waals surface area contributed by atoms with Crippen molar-refractivity contribution < 1.29 is 13.9 Å². The van der Waals surface area contributed by atoms with Crippen molar-refractivity contribution in [3.8, 4) is 5.75 Å². The van der Waals surface area contributed by atoms with Gasteiger partial charge >= 0.3 is 0 Å². The molecular formula is C24H31FN4O2S. The van der Waals surface area contributed by atoms with Crippen LogP contribution in [0.25, 0.3) is 0 Å². The van der Waals surface area contributed by atoms with Gasteiger partial charge in [-0.25, -0.2) is 4.39 Å². The van der Waals surface area contributed by atoms with E-state index in [1.165, 1.54) is 31.7 Å². The van der Waals surface area contributed by atoms with Gasteiger partial charge in [-0.2, -0.15) is 0 Å². The topological polar surface area (TPSA) is 60.2 Å². The van der Waals surface area contributed by atoms with Crippen LogP contribution in [0.1, 0.15) is 57.3 Å². The molecule has 3 aliphatic rings. The molecule has 0 spiro atoms. The molecule has 0 N–H and O–H groups in total. The Morgan fingerprint density at radius 1 is 1.25 bits per heavy atom. The van der Waals surface area contributed by atoms with Crippen molar-refractivity contribution in [2.45, 2.75) is 63.3 Å². The van der Waals surface area contributed by atoms with Crippen molar-refractivity contribution >= 4 is 17.7 Å². The minimum atomic E-state index is -0.371. The van der Waals surface area contributed by atoms with Gasteiger partial charge in [-0.05, 0) is 62.5 Å². The normalized spacial score (nSPS) is 25.6. The average molecular weight is 459 g/mol. The molecule has 2 aliphatic carbocycles. The van der Waals surface area contributed by atoms with Gasteiger partial charge in [0.25, 0.3) is 0 Å². The maximum atomic E-state index is 14.0. The molecule has 1 aliphatic heterocycles. The first kappa shape index (κ1) is 21.7. The molecule has 6 nitrogen and oxygen atoms in total. The molecule has 1 aromatic heterocycles. The average Bonchev–Trinajstić information content (AvgIpc) is 3.58. The Balaban J connectivity index is 1.32. The zero-order valence-corrected chi connectivity index (χ0v) is 19.4. The molecule has 32 heavy (non-hydrogen) atoms. The largest absolute Gasteiger partial charge is 0.483 e. The summed E-state index contributed by atoms with van der Waals surface area (Å²) in [6.45, 7) is 4.05. The third kappa shape index (κ3) is 4.38. The lowest BCUT2D eigenvalue weighted by Gasteiger charge is -2.30. The van der Waals surface area contributed by atoms with Crippen molar-refractivity contribution in [3.63, 3.8) is 0 Å². The Labute approximate surface area is 192 Å². The molecule has 1 amide bonds. The summed E-state index contributed by atoms with van der Waals surface area (Å²) in [5, 5.41) is 9.81. The summed E-state index contributed by atoms with van der Waals surface area (Å²) in [5.41, 5.74) is 0. The van der Waals surface area contributed by atoms with Crippen LogP contribution in [0.4, 0.5) is 4.39 Å². The van der Waals surface area contributed by atoms with E-state index in [4.69, 9.17) is 4.74 Å². The van der Waals surface area contributed by atoms with Crippen molar-refractivity contribution in [1.29, 1.82) is 0 Å². The van der Waals surface area contributed by atoms with Crippen LogP contribution in [0.2, 0.25) is 0 Å². The number of ether oxygens (including phenoxy) is 1. The molecule has 172 valence electrons. The zero-order chi connectivity index (χ0) is 22.1. The van der Waals surface area contributed by atoms with Crippen LogP contribution in [-0.4, -0.2) is 44.4 Å². The van der Waals surface area contributed by atoms with Gasteiger partial charge < -0.3 is 9.64 Å². The number of thioether (sulfide) groups is 1. The Kier molecular flexibility index (Phi) is 6.40. The first-order chi connectivity index (χ1) is 15.6. The molecule has 2 bridgehead atoms. The quantitative estimate of drug-likeness (QED) is 0.510. The van der Waals surface area contributed by atoms with E-state index in [9.17, 15) is 9.18 Å². The Bertz CT molecular complexity index is 967. The van der Waals surface area contributed by atoms with Gasteiger partial charge in [0.2, 0.25) is 5.91 Å². The van der Waals surface area contributed by atoms with E-state index in [1.807, 2.05) is 4.90 Å². The predicted octanol–water partition coefficient (Wildman–Crippen LogP) is 4.71. The number of hydrogen-bond acceptors (Lipinski definition) is 5. The fourth-order valence-corrected chi connectivity index (χ4v) is 6.88. The van der Waals surface area contributed by atoms with Crippen LogP contribution in [0.15, 0.2) is 29.4 Å². The van der Waals surface area contributed by atoms with Crippen LogP contribution in [0, 0.1) is 23.6 Å². The number of carbonyl (C=O) groups is 1. The number of likely N-dealkylation sites (tertiary alicyclic amines) is 1. The van der Waals surface area contributed by atoms with Crippen molar-refractivity contribution in [3.05, 3.63) is 35.9 Å². The van der Waals surface area contributed by atoms with Crippen LogP contribution >= 0.6 is 11.8 Å². The van der Waals surface area contributed by atoms with Gasteiger partial charge in [0.15, 0.2) is 22.5 Å². The number of halogens is 1. The fourth-order valence-electron chi connectivity index (χ4n) is 5.88. The number of fused-ring (bicyclic) bond motifs is 2. The molecule has 1 aromatic carbocycles. The second kappa shape index (κ2) is 9.41. The molecule has 0 unspecified atom stereocenters. The van der Waals surface area contributed by atoms with Gasteiger partial charge in [0.05, 0.1) is 0 Å². The molecule has 2 heterocycles. The number of amides is 1. The summed E-state index contributed by atoms with van der Waals surface area (Å²) in [7, 11) is 0. The number of hydrogen-bond donors (Lipinski definition) is 0. The molecule has 3 fully saturated rings. The van der Waals surface area contributed by atoms with Crippen molar-refractivity contribution in [2.24, 2.45) is 17.8 Å². The summed E-state index contributed by atoms with van der Waals surface area (Å²) in [4.78, 5) is 13.9. The molecule has 8 heteroatoms. The lowest BCUT2D eigenvalue weighted by atomic mass is 9.84. The second-order valence-electron chi connectivity index (χ2n) is 9.40. The van der Waals surface area contributed by atoms with Gasteiger partial charge in [-0.3, -0.25) is 9.36 Å². The molecule has 2 saturated carbocycles. The number of rotatable bonds is 9. The summed E-state index contributed by atoms with van der Waals surface area (Å²) in [6, 6.07) is 6.73. The zero-order valence-electron chi connectivity index (χ0n) is 18.6. The highest BCUT2D eigenvalue weighted by atomic mass is 32.2. The van der Waals surface area contributed by atoms with E-state index >= 15 is 0 Å². The molecule has 5 rings (SSSR count). The first-order valence-corrected chi connectivity index (χ1v) is 12.8. The molecular weight excluding hydrogens is 427 g/mol. The van der Waals surface area contributed by atoms with E-state index in [0.29, 0.717) is 12.3 Å². The van der Waals surface area contributed by atoms with Crippen molar-refractivity contribution in [2.75, 3.05) is 18.8 Å². The Morgan fingerprint density at radius 3 is 2.84 bits per heavy atom. The van der Waals surface area contributed by atoms with E-state index in [2.05, 4.69) is 21.7 Å². The lowest BCUT2D eigenvalue weighted by Crippen LogP contribution is -2.27. The Morgan fingerprint density at radius 2 is 2.12 bits per heavy atom. The highest BCUT2D eigenvalue weighted by molar-refractivity contribution is 7.99. The van der Waals surface area contributed by atoms with E-state index in [-0.39, 0.29) is 30.1 Å². The van der Waals surface area contributed by atoms with E-state index in [0.717, 1.165) is 48.1 Å². The van der Waals surface area contributed by atoms with E-state index < -0.39 is 0 Å². The lowest BCUT2D eigenvalue weighted by molar-refractivity contribution is -0.127. The standard InChI is InChI=1S/C24H31FN4O2S/c1-16(19-14-17-8-9-18(19)13-17)29-22(15-31-21-6-3-2-5-20(21)25)26-27-24(29)32-12-11-28-10-4-7-23(28)30/h2-3,5-6,16-19H,4,7-15H2,1H3/t16-,17+,18+,19+/m1/s1. The summed E-state index contributed by atoms with van der Waals surface area (Å²) in [5.74, 6) is 3.90. The molecule has 1 saturated heterocycles. The SMILES string of the molecule is C[C@H]([C@@H]1C[C@H]2CC[C@H]1C2)n1c(COc2ccccc2F)nnc1SCCN1CCCC1=O. The Hall–Kier alpha value is -2.09. The third-order valence-electron chi connectivity index (χ3n) is 7.51. The highest BCUT2D eigenvalue weighted by Gasteiger charge is 2.43. The molecule has 4 atom stereocenters. The molecule has 0 radical (unpaired) electrons. The number of nitrogens with zero attached hydrogens (tertiary/aromatic N) is 4. The highest BCUT2D eigenvalue weighted by Crippen LogP contribution is 2.52. The summed E-state index contributed by atoms with van der Waals surface area (Å²) < 4.78 is 22.1. The van der Waals surface area contributed by atoms with Crippen LogP contribution in [0.5, 0.6) is 5.75 Å². The van der Waals surface area contributed by atoms with Crippen LogP contribution < -0.4 is 4.74 Å². The summed E-state index contributed by atoms with van der Waals surface area (Å²) in [6.07, 6.45) is 6.92. The molecule has 2 aromatic rings. The minimum absolute atomic E-state index is 0.185. The number of carbonyl (C=O) groups excluding carboxylic acids is 1. The third-order valence-corrected chi connectivity index (χ3v) is 8.44. The monoisotopic (exact) mass is 458 g/mol. The second-order valence-corrected chi connectivity index (χ2v) is 10.5. The maximum Gasteiger partial charge on any atom is 0.222 e. The van der Waals surface area contributed by atoms with Crippen molar-refractivity contribution in [1.82, 2.24) is 19.7 Å². The van der Waals surface area contributed by atoms with E-state index in [1.54, 1.807) is 30.0 Å². The smallest absolute Gasteiger partial charge is 0.222 e. The predicted molar refractivity (Wildman–Crippen MR) is 121 cm³/mol.